The van der Waals surface area contributed by atoms with Gasteiger partial charge in [-0.2, -0.15) is 0 Å². The highest BCUT2D eigenvalue weighted by Crippen LogP contribution is 2.55. The van der Waals surface area contributed by atoms with Crippen LogP contribution in [-0.4, -0.2) is 0 Å². The Morgan fingerprint density at radius 1 is 0.394 bits per heavy atom. The van der Waals surface area contributed by atoms with Gasteiger partial charge >= 0.3 is 0 Å². The van der Waals surface area contributed by atoms with Crippen LogP contribution in [0.15, 0.2) is 133 Å². The van der Waals surface area contributed by atoms with Crippen LogP contribution in [0.25, 0.3) is 11.1 Å². The van der Waals surface area contributed by atoms with E-state index in [1.807, 2.05) is 18.2 Å². The number of hydrogen-bond donors (Lipinski definition) is 0. The lowest BCUT2D eigenvalue weighted by Gasteiger charge is -2.33. The molecule has 0 bridgehead atoms. The zero-order chi connectivity index (χ0) is 22.7. The fraction of sp³-hybridized carbons (Fsp3) is 0.0909. The first kappa shape index (κ1) is 21.0. The van der Waals surface area contributed by atoms with E-state index in [0.29, 0.717) is 0 Å². The van der Waals surface area contributed by atoms with Crippen molar-refractivity contribution in [3.63, 3.8) is 0 Å². The summed E-state index contributed by atoms with van der Waals surface area (Å²) in [5, 5.41) is 0. The second kappa shape index (κ2) is 8.92. The van der Waals surface area contributed by atoms with Crippen molar-refractivity contribution >= 4 is 0 Å². The largest absolute Gasteiger partial charge is 0.0713 e. The van der Waals surface area contributed by atoms with E-state index in [1.54, 1.807) is 0 Å². The summed E-state index contributed by atoms with van der Waals surface area (Å²) in [4.78, 5) is 0. The first-order valence-corrected chi connectivity index (χ1v) is 11.5. The molecule has 5 aromatic rings. The molecule has 0 aromatic heterocycles. The normalized spacial score (nSPS) is 12.8. The molecule has 0 saturated carbocycles. The van der Waals surface area contributed by atoms with Gasteiger partial charge in [-0.1, -0.05) is 145 Å². The molecule has 0 atom stereocenters. The third-order valence-electron chi connectivity index (χ3n) is 6.55. The predicted molar refractivity (Wildman–Crippen MR) is 140 cm³/mol. The van der Waals surface area contributed by atoms with E-state index < -0.39 is 0 Å². The number of aryl methyl sites for hydroxylation is 2. The van der Waals surface area contributed by atoms with Crippen molar-refractivity contribution in [1.29, 1.82) is 0 Å². The van der Waals surface area contributed by atoms with Crippen molar-refractivity contribution in [1.82, 2.24) is 0 Å². The van der Waals surface area contributed by atoms with Crippen molar-refractivity contribution in [3.8, 4) is 11.1 Å². The van der Waals surface area contributed by atoms with Crippen LogP contribution in [0.2, 0.25) is 0 Å². The molecule has 6 rings (SSSR count). The molecule has 0 heteroatoms. The van der Waals surface area contributed by atoms with Gasteiger partial charge in [-0.25, -0.2) is 0 Å². The Balaban J connectivity index is 0.000000281. The van der Waals surface area contributed by atoms with Crippen LogP contribution >= 0.6 is 0 Å². The Bertz CT molecular complexity index is 1310. The lowest BCUT2D eigenvalue weighted by Crippen LogP contribution is -2.28. The second-order valence-electron chi connectivity index (χ2n) is 8.73. The summed E-state index contributed by atoms with van der Waals surface area (Å²) in [5.74, 6) is 0. The molecule has 0 amide bonds. The average Bonchev–Trinajstić information content (AvgIpc) is 3.16. The van der Waals surface area contributed by atoms with Crippen molar-refractivity contribution in [3.05, 3.63) is 167 Å². The van der Waals surface area contributed by atoms with Crippen LogP contribution in [0, 0.1) is 13.8 Å². The van der Waals surface area contributed by atoms with Gasteiger partial charge in [0.1, 0.15) is 0 Å². The Kier molecular flexibility index (Phi) is 5.67. The lowest BCUT2D eigenvalue weighted by atomic mass is 9.68. The summed E-state index contributed by atoms with van der Waals surface area (Å²) in [6.45, 7) is 4.26. The zero-order valence-electron chi connectivity index (χ0n) is 19.2. The first-order chi connectivity index (χ1) is 16.2. The molecule has 0 unspecified atom stereocenters. The Hall–Kier alpha value is -3.90. The molecule has 0 saturated heterocycles. The minimum Gasteiger partial charge on any atom is -0.0622 e. The molecule has 33 heavy (non-hydrogen) atoms. The van der Waals surface area contributed by atoms with Crippen LogP contribution in [-0.2, 0) is 5.41 Å². The molecular weight excluding hydrogens is 396 g/mol. The smallest absolute Gasteiger partial charge is 0.0622 e. The van der Waals surface area contributed by atoms with Crippen molar-refractivity contribution < 1.29 is 0 Å². The van der Waals surface area contributed by atoms with E-state index in [4.69, 9.17) is 0 Å². The first-order valence-electron chi connectivity index (χ1n) is 11.5. The van der Waals surface area contributed by atoms with Crippen molar-refractivity contribution in [2.45, 2.75) is 19.3 Å². The van der Waals surface area contributed by atoms with Gasteiger partial charge in [0, 0.05) is 0 Å². The van der Waals surface area contributed by atoms with Crippen LogP contribution in [0.4, 0.5) is 0 Å². The minimum atomic E-state index is -0.262. The summed E-state index contributed by atoms with van der Waals surface area (Å²) in [7, 11) is 0. The molecule has 0 nitrogen and oxygen atoms in total. The molecule has 1 aliphatic carbocycles. The SMILES string of the molecule is Cc1ccc2c(c1)-c1ccccc1C2(c1ccccc1)c1ccccc1.Cc1ccccc1. The quantitative estimate of drug-likeness (QED) is 0.262. The van der Waals surface area contributed by atoms with E-state index in [9.17, 15) is 0 Å². The van der Waals surface area contributed by atoms with E-state index in [2.05, 4.69) is 129 Å². The maximum atomic E-state index is 2.34. The molecular formula is C33H28. The van der Waals surface area contributed by atoms with Crippen LogP contribution in [0.5, 0.6) is 0 Å². The van der Waals surface area contributed by atoms with Gasteiger partial charge in [0.05, 0.1) is 5.41 Å². The highest BCUT2D eigenvalue weighted by molar-refractivity contribution is 5.86. The van der Waals surface area contributed by atoms with Crippen LogP contribution in [0.3, 0.4) is 0 Å². The van der Waals surface area contributed by atoms with Gasteiger partial charge in [0.2, 0.25) is 0 Å². The summed E-state index contributed by atoms with van der Waals surface area (Å²) in [6.07, 6.45) is 0. The van der Waals surface area contributed by atoms with Gasteiger partial charge in [0.15, 0.2) is 0 Å². The van der Waals surface area contributed by atoms with Crippen LogP contribution in [0.1, 0.15) is 33.4 Å². The summed E-state index contributed by atoms with van der Waals surface area (Å²) in [6, 6.07) is 47.9. The predicted octanol–water partition coefficient (Wildman–Crippen LogP) is 8.35. The molecule has 1 aliphatic rings. The third kappa shape index (κ3) is 3.68. The molecule has 0 aliphatic heterocycles. The Morgan fingerprint density at radius 3 is 1.42 bits per heavy atom. The fourth-order valence-electron chi connectivity index (χ4n) is 5.10. The zero-order valence-corrected chi connectivity index (χ0v) is 19.2. The molecule has 5 aromatic carbocycles. The summed E-state index contributed by atoms with van der Waals surface area (Å²) < 4.78 is 0. The number of hydrogen-bond acceptors (Lipinski definition) is 0. The van der Waals surface area contributed by atoms with Gasteiger partial charge in [-0.3, -0.25) is 0 Å². The van der Waals surface area contributed by atoms with Crippen molar-refractivity contribution in [2.75, 3.05) is 0 Å². The molecule has 0 fully saturated rings. The minimum absolute atomic E-state index is 0.262. The van der Waals surface area contributed by atoms with Crippen molar-refractivity contribution in [2.24, 2.45) is 0 Å². The highest BCUT2D eigenvalue weighted by Gasteiger charge is 2.45. The van der Waals surface area contributed by atoms with E-state index >= 15 is 0 Å². The summed E-state index contributed by atoms with van der Waals surface area (Å²) >= 11 is 0. The molecule has 0 N–H and O–H groups in total. The van der Waals surface area contributed by atoms with Crippen LogP contribution < -0.4 is 0 Å². The maximum Gasteiger partial charge on any atom is 0.0713 e. The lowest BCUT2D eigenvalue weighted by molar-refractivity contribution is 0.768. The Labute approximate surface area is 197 Å². The van der Waals surface area contributed by atoms with E-state index in [1.165, 1.54) is 44.5 Å². The number of fused-ring (bicyclic) bond motifs is 3. The number of rotatable bonds is 2. The monoisotopic (exact) mass is 424 g/mol. The third-order valence-corrected chi connectivity index (χ3v) is 6.55. The molecule has 160 valence electrons. The van der Waals surface area contributed by atoms with Gasteiger partial charge < -0.3 is 0 Å². The fourth-order valence-corrected chi connectivity index (χ4v) is 5.10. The maximum absolute atomic E-state index is 2.34. The standard InChI is InChI=1S/C26H20.C7H8/c1-19-16-17-25-23(18-19)22-14-8-9-15-24(22)26(25,20-10-4-2-5-11-20)21-12-6-3-7-13-21;1-7-5-3-2-4-6-7/h2-18H,1H3;2-6H,1H3. The molecule has 0 heterocycles. The number of benzene rings is 5. The Morgan fingerprint density at radius 2 is 0.879 bits per heavy atom. The van der Waals surface area contributed by atoms with Gasteiger partial charge in [0.25, 0.3) is 0 Å². The molecule has 0 spiro atoms. The van der Waals surface area contributed by atoms with E-state index in [-0.39, 0.29) is 5.41 Å². The van der Waals surface area contributed by atoms with Gasteiger partial charge in [-0.05, 0) is 47.2 Å². The summed E-state index contributed by atoms with van der Waals surface area (Å²) in [5.41, 5.74) is 10.5. The average molecular weight is 425 g/mol. The van der Waals surface area contributed by atoms with E-state index in [0.717, 1.165) is 0 Å². The second-order valence-corrected chi connectivity index (χ2v) is 8.73. The molecule has 0 radical (unpaired) electrons. The highest BCUT2D eigenvalue weighted by atomic mass is 14.5. The van der Waals surface area contributed by atoms with Gasteiger partial charge in [-0.15, -0.1) is 0 Å². The topological polar surface area (TPSA) is 0 Å².